The number of aliphatic imine (C=N–C) groups is 1. The van der Waals surface area contributed by atoms with E-state index in [2.05, 4.69) is 20.3 Å². The van der Waals surface area contributed by atoms with Crippen LogP contribution in [-0.4, -0.2) is 83.7 Å². The maximum Gasteiger partial charge on any atom is 0.242 e. The number of benzene rings is 1. The van der Waals surface area contributed by atoms with Crippen molar-refractivity contribution in [3.8, 4) is 0 Å². The van der Waals surface area contributed by atoms with Crippen molar-refractivity contribution in [2.24, 2.45) is 12.0 Å². The highest BCUT2D eigenvalue weighted by Gasteiger charge is 2.26. The number of amides is 1. The molecule has 1 aliphatic rings. The quantitative estimate of drug-likeness (QED) is 0.334. The van der Waals surface area contributed by atoms with E-state index < -0.39 is 0 Å². The van der Waals surface area contributed by atoms with Crippen LogP contribution in [0.25, 0.3) is 0 Å². The van der Waals surface area contributed by atoms with E-state index in [0.717, 1.165) is 23.6 Å². The van der Waals surface area contributed by atoms with Crippen molar-refractivity contribution >= 4 is 47.4 Å². The molecule has 2 aromatic rings. The number of rotatable bonds is 6. The molecule has 0 radical (unpaired) electrons. The first kappa shape index (κ1) is 25.4. The van der Waals surface area contributed by atoms with Crippen LogP contribution in [-0.2, 0) is 18.4 Å². The van der Waals surface area contributed by atoms with E-state index in [9.17, 15) is 4.79 Å². The van der Waals surface area contributed by atoms with Crippen molar-refractivity contribution in [2.75, 3.05) is 47.3 Å². The summed E-state index contributed by atoms with van der Waals surface area (Å²) in [6, 6.07) is 7.78. The fourth-order valence-electron chi connectivity index (χ4n) is 3.60. The minimum Gasteiger partial charge on any atom is -0.354 e. The van der Waals surface area contributed by atoms with Crippen molar-refractivity contribution in [1.82, 2.24) is 29.8 Å². The second-order valence-electron chi connectivity index (χ2n) is 7.72. The Labute approximate surface area is 206 Å². The molecule has 0 spiro atoms. The zero-order valence-electron chi connectivity index (χ0n) is 18.5. The highest BCUT2D eigenvalue weighted by Crippen LogP contribution is 2.17. The Morgan fingerprint density at radius 3 is 2.55 bits per heavy atom. The molecule has 1 atom stereocenters. The molecule has 1 saturated heterocycles. The van der Waals surface area contributed by atoms with Gasteiger partial charge in [0.2, 0.25) is 5.91 Å². The lowest BCUT2D eigenvalue weighted by molar-refractivity contribution is -0.135. The zero-order chi connectivity index (χ0) is 21.7. The summed E-state index contributed by atoms with van der Waals surface area (Å²) in [4.78, 5) is 23.2. The molecule has 10 heteroatoms. The number of aryl methyl sites for hydroxylation is 1. The molecular weight excluding hydrogens is 529 g/mol. The van der Waals surface area contributed by atoms with E-state index >= 15 is 0 Å². The maximum absolute atomic E-state index is 12.7. The highest BCUT2D eigenvalue weighted by molar-refractivity contribution is 14.0. The smallest absolute Gasteiger partial charge is 0.242 e. The van der Waals surface area contributed by atoms with Gasteiger partial charge < -0.3 is 20.0 Å². The number of guanidine groups is 1. The van der Waals surface area contributed by atoms with Crippen LogP contribution >= 0.6 is 35.6 Å². The molecule has 1 aromatic carbocycles. The number of carbonyl (C=O) groups excluding carboxylic acids is 1. The second kappa shape index (κ2) is 11.7. The van der Waals surface area contributed by atoms with Gasteiger partial charge in [0.05, 0.1) is 18.8 Å². The Morgan fingerprint density at radius 2 is 2.00 bits per heavy atom. The number of carbonyl (C=O) groups is 1. The van der Waals surface area contributed by atoms with E-state index in [4.69, 9.17) is 11.6 Å². The number of aromatic nitrogens is 2. The van der Waals surface area contributed by atoms with Gasteiger partial charge in [0.15, 0.2) is 5.96 Å². The van der Waals surface area contributed by atoms with Crippen LogP contribution in [0.15, 0.2) is 41.7 Å². The van der Waals surface area contributed by atoms with Crippen LogP contribution < -0.4 is 5.32 Å². The molecule has 1 aliphatic heterocycles. The molecule has 31 heavy (non-hydrogen) atoms. The van der Waals surface area contributed by atoms with E-state index in [0.29, 0.717) is 31.2 Å². The van der Waals surface area contributed by atoms with Gasteiger partial charge in [-0.15, -0.1) is 24.0 Å². The second-order valence-corrected chi connectivity index (χ2v) is 8.15. The van der Waals surface area contributed by atoms with Crippen LogP contribution in [0.1, 0.15) is 17.2 Å². The number of likely N-dealkylation sites (N-methyl/N-ethyl adjacent to an activating group) is 1. The van der Waals surface area contributed by atoms with Crippen molar-refractivity contribution in [2.45, 2.75) is 12.6 Å². The summed E-state index contributed by atoms with van der Waals surface area (Å²) in [5.74, 6) is 0.834. The molecule has 1 N–H and O–H groups in total. The van der Waals surface area contributed by atoms with Gasteiger partial charge in [-0.1, -0.05) is 23.7 Å². The number of hydrogen-bond acceptors (Lipinski definition) is 4. The third-order valence-corrected chi connectivity index (χ3v) is 5.56. The molecule has 1 fully saturated rings. The molecule has 1 unspecified atom stereocenters. The summed E-state index contributed by atoms with van der Waals surface area (Å²) in [6.45, 7) is 2.97. The van der Waals surface area contributed by atoms with Crippen LogP contribution in [0.5, 0.6) is 0 Å². The predicted molar refractivity (Wildman–Crippen MR) is 135 cm³/mol. The molecule has 1 amide bonds. The van der Waals surface area contributed by atoms with Gasteiger partial charge in [-0.05, 0) is 31.8 Å². The van der Waals surface area contributed by atoms with Crippen LogP contribution in [0.3, 0.4) is 0 Å². The predicted octanol–water partition coefficient (Wildman–Crippen LogP) is 2.21. The largest absolute Gasteiger partial charge is 0.354 e. The number of nitrogens with one attached hydrogen (secondary N) is 1. The summed E-state index contributed by atoms with van der Waals surface area (Å²) in [6.07, 6.45) is 3.91. The SMILES string of the molecule is CN=C(NCC(c1cnn(C)c1)N(C)C)N1CCN(Cc2ccc(Cl)cc2)C(=O)C1.I. The van der Waals surface area contributed by atoms with Gasteiger partial charge in [-0.3, -0.25) is 14.5 Å². The first-order valence-corrected chi connectivity index (χ1v) is 10.4. The molecule has 3 rings (SSSR count). The van der Waals surface area contributed by atoms with E-state index in [1.54, 1.807) is 11.7 Å². The van der Waals surface area contributed by atoms with Gasteiger partial charge >= 0.3 is 0 Å². The Morgan fingerprint density at radius 1 is 1.29 bits per heavy atom. The van der Waals surface area contributed by atoms with Crippen LogP contribution in [0.4, 0.5) is 0 Å². The molecule has 0 bridgehead atoms. The number of hydrogen-bond donors (Lipinski definition) is 1. The number of halogens is 2. The van der Waals surface area contributed by atoms with Gasteiger partial charge in [-0.25, -0.2) is 0 Å². The van der Waals surface area contributed by atoms with E-state index in [-0.39, 0.29) is 35.9 Å². The molecule has 170 valence electrons. The number of piperazine rings is 1. The Balaban J connectivity index is 0.00000341. The summed E-state index contributed by atoms with van der Waals surface area (Å²) in [5.41, 5.74) is 2.21. The molecular formula is C21H31ClIN7O. The average Bonchev–Trinajstić information content (AvgIpc) is 3.14. The fraction of sp³-hybridized carbons (Fsp3) is 0.476. The van der Waals surface area contributed by atoms with Crippen molar-refractivity contribution < 1.29 is 4.79 Å². The Bertz CT molecular complexity index is 884. The fourth-order valence-corrected chi connectivity index (χ4v) is 3.72. The first-order chi connectivity index (χ1) is 14.4. The van der Waals surface area contributed by atoms with E-state index in [1.807, 2.05) is 67.6 Å². The highest BCUT2D eigenvalue weighted by atomic mass is 127. The molecule has 8 nitrogen and oxygen atoms in total. The Kier molecular flexibility index (Phi) is 9.57. The molecule has 2 heterocycles. The van der Waals surface area contributed by atoms with Crippen molar-refractivity contribution in [3.63, 3.8) is 0 Å². The minimum absolute atomic E-state index is 0. The summed E-state index contributed by atoms with van der Waals surface area (Å²) in [7, 11) is 7.75. The standard InChI is InChI=1S/C21H30ClN7O.HI/c1-23-21(24-12-19(26(2)3)17-11-25-27(4)14-17)29-10-9-28(20(30)15-29)13-16-5-7-18(22)8-6-16;/h5-8,11,14,19H,9-10,12-13,15H2,1-4H3,(H,23,24);1H. The molecule has 0 aliphatic carbocycles. The van der Waals surface area contributed by atoms with Crippen molar-refractivity contribution in [1.29, 1.82) is 0 Å². The third-order valence-electron chi connectivity index (χ3n) is 5.30. The minimum atomic E-state index is 0. The maximum atomic E-state index is 12.7. The summed E-state index contributed by atoms with van der Waals surface area (Å²) >= 11 is 5.95. The molecule has 1 aromatic heterocycles. The summed E-state index contributed by atoms with van der Waals surface area (Å²) in [5, 5.41) is 8.41. The lowest BCUT2D eigenvalue weighted by Gasteiger charge is -2.36. The first-order valence-electron chi connectivity index (χ1n) is 10.00. The van der Waals surface area contributed by atoms with Gasteiger partial charge in [-0.2, -0.15) is 5.10 Å². The zero-order valence-corrected chi connectivity index (χ0v) is 21.5. The lowest BCUT2D eigenvalue weighted by Crippen LogP contribution is -2.55. The van der Waals surface area contributed by atoms with Gasteiger partial charge in [0, 0.05) is 57.1 Å². The normalized spacial score (nSPS) is 15.8. The summed E-state index contributed by atoms with van der Waals surface area (Å²) < 4.78 is 1.80. The van der Waals surface area contributed by atoms with E-state index in [1.165, 1.54) is 0 Å². The third kappa shape index (κ3) is 6.81. The Hall–Kier alpha value is -1.85. The average molecular weight is 560 g/mol. The van der Waals surface area contributed by atoms with Crippen molar-refractivity contribution in [3.05, 3.63) is 52.8 Å². The van der Waals surface area contributed by atoms with Gasteiger partial charge in [0.1, 0.15) is 0 Å². The topological polar surface area (TPSA) is 69.0 Å². The monoisotopic (exact) mass is 559 g/mol. The molecule has 0 saturated carbocycles. The van der Waals surface area contributed by atoms with Gasteiger partial charge in [0.25, 0.3) is 0 Å². The lowest BCUT2D eigenvalue weighted by atomic mass is 10.1. The van der Waals surface area contributed by atoms with Crippen LogP contribution in [0, 0.1) is 0 Å². The van der Waals surface area contributed by atoms with Crippen LogP contribution in [0.2, 0.25) is 5.02 Å². The number of nitrogens with zero attached hydrogens (tertiary/aromatic N) is 6.